The van der Waals surface area contributed by atoms with Gasteiger partial charge in [-0.3, -0.25) is 0 Å². The van der Waals surface area contributed by atoms with Gasteiger partial charge in [0.15, 0.2) is 11.5 Å². The Bertz CT molecular complexity index is 394. The molecular formula is C14H22BrNO2. The minimum absolute atomic E-state index is 0.305. The highest BCUT2D eigenvalue weighted by Gasteiger charge is 2.17. The minimum atomic E-state index is 0.305. The summed E-state index contributed by atoms with van der Waals surface area (Å²) in [6.07, 6.45) is 1.07. The van der Waals surface area contributed by atoms with Crippen molar-refractivity contribution in [2.45, 2.75) is 26.3 Å². The van der Waals surface area contributed by atoms with Gasteiger partial charge in [-0.25, -0.2) is 0 Å². The zero-order valence-electron chi connectivity index (χ0n) is 11.7. The van der Waals surface area contributed by atoms with Crippen molar-refractivity contribution in [1.29, 1.82) is 0 Å². The number of benzene rings is 1. The topological polar surface area (TPSA) is 30.5 Å². The van der Waals surface area contributed by atoms with Crippen LogP contribution in [0, 0.1) is 5.92 Å². The molecule has 0 fully saturated rings. The molecule has 0 heterocycles. The van der Waals surface area contributed by atoms with Gasteiger partial charge in [0.25, 0.3) is 0 Å². The Morgan fingerprint density at radius 3 is 2.17 bits per heavy atom. The monoisotopic (exact) mass is 315 g/mol. The van der Waals surface area contributed by atoms with Crippen LogP contribution in [0.1, 0.15) is 31.9 Å². The van der Waals surface area contributed by atoms with Gasteiger partial charge in [-0.2, -0.15) is 0 Å². The molecule has 1 atom stereocenters. The van der Waals surface area contributed by atoms with Crippen molar-refractivity contribution in [3.8, 4) is 11.5 Å². The maximum atomic E-state index is 5.36. The number of rotatable bonds is 6. The van der Waals surface area contributed by atoms with E-state index in [4.69, 9.17) is 9.47 Å². The number of nitrogens with one attached hydrogen (secondary N) is 1. The van der Waals surface area contributed by atoms with E-state index in [1.54, 1.807) is 14.2 Å². The predicted octanol–water partition coefficient (Wildman–Crippen LogP) is 3.77. The Hall–Kier alpha value is -0.740. The van der Waals surface area contributed by atoms with E-state index in [2.05, 4.69) is 35.1 Å². The van der Waals surface area contributed by atoms with Gasteiger partial charge in [0, 0.05) is 10.5 Å². The van der Waals surface area contributed by atoms with E-state index < -0.39 is 0 Å². The molecule has 0 bridgehead atoms. The first kappa shape index (κ1) is 15.3. The van der Waals surface area contributed by atoms with Crippen LogP contribution in [0.2, 0.25) is 0 Å². The molecule has 0 spiro atoms. The van der Waals surface area contributed by atoms with Crippen LogP contribution in [0.15, 0.2) is 16.6 Å². The van der Waals surface area contributed by atoms with E-state index in [1.165, 1.54) is 5.56 Å². The lowest BCUT2D eigenvalue weighted by molar-refractivity contribution is 0.353. The molecule has 0 aliphatic heterocycles. The molecule has 0 saturated carbocycles. The summed E-state index contributed by atoms with van der Waals surface area (Å²) in [5.41, 5.74) is 1.20. The number of hydrogen-bond donors (Lipinski definition) is 1. The second-order valence-electron chi connectivity index (χ2n) is 4.70. The standard InChI is InChI=1S/C14H22BrNO2/c1-9(2)6-12(16-3)10-7-13(17-4)14(18-5)8-11(10)15/h7-9,12,16H,6H2,1-5H3. The summed E-state index contributed by atoms with van der Waals surface area (Å²) in [5, 5.41) is 3.35. The highest BCUT2D eigenvalue weighted by Crippen LogP contribution is 2.37. The van der Waals surface area contributed by atoms with E-state index in [0.717, 1.165) is 22.4 Å². The molecule has 0 aromatic heterocycles. The Morgan fingerprint density at radius 1 is 1.17 bits per heavy atom. The molecule has 0 aliphatic carbocycles. The van der Waals surface area contributed by atoms with E-state index in [-0.39, 0.29) is 0 Å². The summed E-state index contributed by atoms with van der Waals surface area (Å²) < 4.78 is 11.7. The van der Waals surface area contributed by atoms with Crippen LogP contribution in [0.25, 0.3) is 0 Å². The molecule has 1 N–H and O–H groups in total. The lowest BCUT2D eigenvalue weighted by Gasteiger charge is -2.21. The van der Waals surface area contributed by atoms with Crippen LogP contribution >= 0.6 is 15.9 Å². The van der Waals surface area contributed by atoms with Gasteiger partial charge in [-0.1, -0.05) is 29.8 Å². The largest absolute Gasteiger partial charge is 0.493 e. The first-order valence-electron chi connectivity index (χ1n) is 6.12. The van der Waals surface area contributed by atoms with Gasteiger partial charge in [0.2, 0.25) is 0 Å². The van der Waals surface area contributed by atoms with Crippen LogP contribution in [0.3, 0.4) is 0 Å². The zero-order valence-corrected chi connectivity index (χ0v) is 13.3. The molecule has 3 nitrogen and oxygen atoms in total. The van der Waals surface area contributed by atoms with Gasteiger partial charge in [0.05, 0.1) is 14.2 Å². The Labute approximate surface area is 118 Å². The average Bonchev–Trinajstić information content (AvgIpc) is 2.35. The molecule has 0 aliphatic rings. The second kappa shape index (κ2) is 7.00. The summed E-state index contributed by atoms with van der Waals surface area (Å²) in [4.78, 5) is 0. The minimum Gasteiger partial charge on any atom is -0.493 e. The summed E-state index contributed by atoms with van der Waals surface area (Å²) in [6.45, 7) is 4.44. The van der Waals surface area contributed by atoms with Gasteiger partial charge in [0.1, 0.15) is 0 Å². The van der Waals surface area contributed by atoms with Crippen LogP contribution < -0.4 is 14.8 Å². The zero-order chi connectivity index (χ0) is 13.7. The lowest BCUT2D eigenvalue weighted by Crippen LogP contribution is -2.19. The van der Waals surface area contributed by atoms with Gasteiger partial charge < -0.3 is 14.8 Å². The highest BCUT2D eigenvalue weighted by atomic mass is 79.9. The van der Waals surface area contributed by atoms with Crippen molar-refractivity contribution in [2.75, 3.05) is 21.3 Å². The SMILES string of the molecule is CNC(CC(C)C)c1cc(OC)c(OC)cc1Br. The van der Waals surface area contributed by atoms with Crippen LogP contribution in [-0.2, 0) is 0 Å². The number of halogens is 1. The molecule has 1 aromatic carbocycles. The van der Waals surface area contributed by atoms with Crippen molar-refractivity contribution in [1.82, 2.24) is 5.32 Å². The van der Waals surface area contributed by atoms with Gasteiger partial charge in [-0.15, -0.1) is 0 Å². The molecule has 0 amide bonds. The van der Waals surface area contributed by atoms with Crippen LogP contribution in [0.5, 0.6) is 11.5 Å². The summed E-state index contributed by atoms with van der Waals surface area (Å²) in [5.74, 6) is 2.13. The quantitative estimate of drug-likeness (QED) is 0.866. The lowest BCUT2D eigenvalue weighted by atomic mass is 9.97. The molecule has 1 rings (SSSR count). The van der Waals surface area contributed by atoms with E-state index in [1.807, 2.05) is 19.2 Å². The van der Waals surface area contributed by atoms with E-state index >= 15 is 0 Å². The molecule has 0 saturated heterocycles. The summed E-state index contributed by atoms with van der Waals surface area (Å²) >= 11 is 3.61. The normalized spacial score (nSPS) is 12.6. The van der Waals surface area contributed by atoms with Gasteiger partial charge in [-0.05, 0) is 37.1 Å². The smallest absolute Gasteiger partial charge is 0.161 e. The summed E-state index contributed by atoms with van der Waals surface area (Å²) in [6, 6.07) is 4.30. The van der Waals surface area contributed by atoms with Crippen molar-refractivity contribution < 1.29 is 9.47 Å². The third-order valence-electron chi connectivity index (χ3n) is 2.93. The molecule has 102 valence electrons. The van der Waals surface area contributed by atoms with Crippen molar-refractivity contribution >= 4 is 15.9 Å². The molecule has 18 heavy (non-hydrogen) atoms. The average molecular weight is 316 g/mol. The maximum Gasteiger partial charge on any atom is 0.161 e. The molecule has 0 radical (unpaired) electrons. The fourth-order valence-electron chi connectivity index (χ4n) is 2.01. The third kappa shape index (κ3) is 3.62. The Kier molecular flexibility index (Phi) is 5.96. The third-order valence-corrected chi connectivity index (χ3v) is 3.62. The molecule has 4 heteroatoms. The highest BCUT2D eigenvalue weighted by molar-refractivity contribution is 9.10. The summed E-state index contributed by atoms with van der Waals surface area (Å²) in [7, 11) is 5.29. The fraction of sp³-hybridized carbons (Fsp3) is 0.571. The Balaban J connectivity index is 3.14. The molecule has 1 unspecified atom stereocenters. The van der Waals surface area contributed by atoms with E-state index in [0.29, 0.717) is 12.0 Å². The predicted molar refractivity (Wildman–Crippen MR) is 78.5 cm³/mol. The first-order chi connectivity index (χ1) is 8.53. The van der Waals surface area contributed by atoms with E-state index in [9.17, 15) is 0 Å². The van der Waals surface area contributed by atoms with Crippen LogP contribution in [0.4, 0.5) is 0 Å². The number of methoxy groups -OCH3 is 2. The fourth-order valence-corrected chi connectivity index (χ4v) is 2.61. The maximum absolute atomic E-state index is 5.36. The first-order valence-corrected chi connectivity index (χ1v) is 6.91. The van der Waals surface area contributed by atoms with Gasteiger partial charge >= 0.3 is 0 Å². The van der Waals surface area contributed by atoms with Crippen molar-refractivity contribution in [3.05, 3.63) is 22.2 Å². The van der Waals surface area contributed by atoms with Crippen LogP contribution in [-0.4, -0.2) is 21.3 Å². The Morgan fingerprint density at radius 2 is 1.72 bits per heavy atom. The van der Waals surface area contributed by atoms with Crippen molar-refractivity contribution in [3.63, 3.8) is 0 Å². The van der Waals surface area contributed by atoms with Crippen molar-refractivity contribution in [2.24, 2.45) is 5.92 Å². The number of ether oxygens (including phenoxy) is 2. The molecular weight excluding hydrogens is 294 g/mol. The molecule has 1 aromatic rings. The number of hydrogen-bond acceptors (Lipinski definition) is 3. The second-order valence-corrected chi connectivity index (χ2v) is 5.55.